The topological polar surface area (TPSA) is 72.2 Å². The first-order valence-electron chi connectivity index (χ1n) is 7.26. The van der Waals surface area contributed by atoms with Gasteiger partial charge in [0.1, 0.15) is 5.52 Å². The largest absolute Gasteiger partial charge is 0.440 e. The second-order valence-electron chi connectivity index (χ2n) is 5.88. The lowest BCUT2D eigenvalue weighted by Crippen LogP contribution is -2.29. The van der Waals surface area contributed by atoms with Crippen LogP contribution in [0.5, 0.6) is 0 Å². The van der Waals surface area contributed by atoms with Gasteiger partial charge in [-0.3, -0.25) is 0 Å². The number of hydrogen-bond donors (Lipinski definition) is 1. The summed E-state index contributed by atoms with van der Waals surface area (Å²) in [5.41, 5.74) is 1.22. The van der Waals surface area contributed by atoms with Crippen LogP contribution in [0.3, 0.4) is 0 Å². The summed E-state index contributed by atoms with van der Waals surface area (Å²) in [4.78, 5) is 4.87. The van der Waals surface area contributed by atoms with Crippen LogP contribution in [0, 0.1) is 0 Å². The van der Waals surface area contributed by atoms with Crippen LogP contribution in [-0.2, 0) is 15.3 Å². The molecule has 0 radical (unpaired) electrons. The number of hydrogen-bond acceptors (Lipinski definition) is 5. The number of oxazole rings is 1. The minimum Gasteiger partial charge on any atom is -0.440 e. The maximum absolute atomic E-state index is 11.6. The van der Waals surface area contributed by atoms with E-state index in [1.165, 1.54) is 6.26 Å². The number of aromatic nitrogens is 1. The smallest absolute Gasteiger partial charge is 0.203 e. The van der Waals surface area contributed by atoms with E-state index in [0.717, 1.165) is 38.2 Å². The van der Waals surface area contributed by atoms with E-state index in [-0.39, 0.29) is 10.3 Å². The number of rotatable bonds is 4. The Hall–Kier alpha value is -1.40. The predicted molar refractivity (Wildman–Crippen MR) is 81.2 cm³/mol. The van der Waals surface area contributed by atoms with Crippen molar-refractivity contribution in [2.75, 3.05) is 19.3 Å². The van der Waals surface area contributed by atoms with E-state index in [0.29, 0.717) is 11.1 Å². The Balaban J connectivity index is 2.08. The summed E-state index contributed by atoms with van der Waals surface area (Å²) in [7, 11) is -3.22. The first-order chi connectivity index (χ1) is 9.94. The van der Waals surface area contributed by atoms with Crippen LogP contribution in [0.25, 0.3) is 11.1 Å². The SMILES string of the molecule is CCCC1(c2nc3cc(S(C)(=O)=O)ccc3o2)CCNC1. The van der Waals surface area contributed by atoms with Crippen LogP contribution in [0.4, 0.5) is 0 Å². The van der Waals surface area contributed by atoms with Crippen LogP contribution in [-0.4, -0.2) is 32.7 Å². The zero-order chi connectivity index (χ0) is 15.1. The van der Waals surface area contributed by atoms with E-state index in [1.807, 2.05) is 0 Å². The third-order valence-corrected chi connectivity index (χ3v) is 5.32. The predicted octanol–water partition coefficient (Wildman–Crippen LogP) is 2.26. The van der Waals surface area contributed by atoms with Gasteiger partial charge in [-0.25, -0.2) is 13.4 Å². The highest BCUT2D eigenvalue weighted by molar-refractivity contribution is 7.90. The third-order valence-electron chi connectivity index (χ3n) is 4.21. The second-order valence-corrected chi connectivity index (χ2v) is 7.89. The molecule has 1 N–H and O–H groups in total. The molecule has 1 unspecified atom stereocenters. The van der Waals surface area contributed by atoms with Gasteiger partial charge in [0.25, 0.3) is 0 Å². The summed E-state index contributed by atoms with van der Waals surface area (Å²) in [5, 5.41) is 3.38. The molecule has 0 spiro atoms. The van der Waals surface area contributed by atoms with E-state index >= 15 is 0 Å². The van der Waals surface area contributed by atoms with Crippen LogP contribution in [0.1, 0.15) is 32.1 Å². The average molecular weight is 308 g/mol. The van der Waals surface area contributed by atoms with Crippen molar-refractivity contribution in [1.29, 1.82) is 0 Å². The highest BCUT2D eigenvalue weighted by atomic mass is 32.2. The summed E-state index contributed by atoms with van der Waals surface area (Å²) in [6, 6.07) is 4.87. The second kappa shape index (κ2) is 5.10. The fourth-order valence-electron chi connectivity index (χ4n) is 3.09. The number of fused-ring (bicyclic) bond motifs is 1. The lowest BCUT2D eigenvalue weighted by molar-refractivity contribution is 0.331. The molecular formula is C15H20N2O3S. The molecule has 5 nitrogen and oxygen atoms in total. The van der Waals surface area contributed by atoms with Crippen LogP contribution >= 0.6 is 0 Å². The Morgan fingerprint density at radius 3 is 2.86 bits per heavy atom. The lowest BCUT2D eigenvalue weighted by Gasteiger charge is -2.23. The molecule has 2 aromatic rings. The standard InChI is InChI=1S/C15H20N2O3S/c1-3-6-15(7-8-16-10-15)14-17-12-9-11(21(2,18)19)4-5-13(12)20-14/h4-5,9,16H,3,6-8,10H2,1-2H3. The molecule has 1 saturated heterocycles. The van der Waals surface area contributed by atoms with Crippen molar-refractivity contribution in [3.05, 3.63) is 24.1 Å². The fraction of sp³-hybridized carbons (Fsp3) is 0.533. The molecule has 6 heteroatoms. The van der Waals surface area contributed by atoms with Crippen molar-refractivity contribution >= 4 is 20.9 Å². The van der Waals surface area contributed by atoms with Crippen molar-refractivity contribution in [1.82, 2.24) is 10.3 Å². The van der Waals surface area contributed by atoms with Gasteiger partial charge in [-0.05, 0) is 37.6 Å². The van der Waals surface area contributed by atoms with Gasteiger partial charge in [0.05, 0.1) is 10.3 Å². The Morgan fingerprint density at radius 2 is 2.24 bits per heavy atom. The van der Waals surface area contributed by atoms with Crippen molar-refractivity contribution < 1.29 is 12.8 Å². The zero-order valence-electron chi connectivity index (χ0n) is 12.3. The Labute approximate surface area is 124 Å². The van der Waals surface area contributed by atoms with Gasteiger partial charge in [0, 0.05) is 12.8 Å². The molecule has 0 saturated carbocycles. The maximum atomic E-state index is 11.6. The maximum Gasteiger partial charge on any atom is 0.203 e. The Kier molecular flexibility index (Phi) is 3.53. The highest BCUT2D eigenvalue weighted by Crippen LogP contribution is 2.36. The van der Waals surface area contributed by atoms with Crippen molar-refractivity contribution in [3.63, 3.8) is 0 Å². The van der Waals surface area contributed by atoms with E-state index in [4.69, 9.17) is 4.42 Å². The van der Waals surface area contributed by atoms with Gasteiger partial charge < -0.3 is 9.73 Å². The number of nitrogens with zero attached hydrogens (tertiary/aromatic N) is 1. The quantitative estimate of drug-likeness (QED) is 0.938. The van der Waals surface area contributed by atoms with E-state index in [9.17, 15) is 8.42 Å². The molecule has 3 rings (SSSR count). The number of nitrogens with one attached hydrogen (secondary N) is 1. The van der Waals surface area contributed by atoms with Gasteiger partial charge in [-0.15, -0.1) is 0 Å². The highest BCUT2D eigenvalue weighted by Gasteiger charge is 2.39. The molecule has 21 heavy (non-hydrogen) atoms. The normalized spacial score (nSPS) is 23.0. The molecule has 1 aliphatic rings. The first kappa shape index (κ1) is 14.5. The first-order valence-corrected chi connectivity index (χ1v) is 9.16. The minimum absolute atomic E-state index is 0.0565. The minimum atomic E-state index is -3.22. The summed E-state index contributed by atoms with van der Waals surface area (Å²) >= 11 is 0. The number of benzene rings is 1. The molecule has 114 valence electrons. The summed E-state index contributed by atoms with van der Waals surface area (Å²) in [5.74, 6) is 0.731. The van der Waals surface area contributed by atoms with Crippen LogP contribution < -0.4 is 5.32 Å². The fourth-order valence-corrected chi connectivity index (χ4v) is 3.73. The molecule has 0 bridgehead atoms. The van der Waals surface area contributed by atoms with Crippen LogP contribution in [0.15, 0.2) is 27.5 Å². The van der Waals surface area contributed by atoms with Crippen molar-refractivity contribution in [2.45, 2.75) is 36.5 Å². The van der Waals surface area contributed by atoms with Crippen molar-refractivity contribution in [3.8, 4) is 0 Å². The zero-order valence-corrected chi connectivity index (χ0v) is 13.2. The van der Waals surface area contributed by atoms with E-state index in [1.54, 1.807) is 18.2 Å². The molecule has 1 aromatic heterocycles. The monoisotopic (exact) mass is 308 g/mol. The molecule has 1 aliphatic heterocycles. The van der Waals surface area contributed by atoms with Gasteiger partial charge in [0.2, 0.25) is 5.89 Å². The molecule has 2 heterocycles. The summed E-state index contributed by atoms with van der Waals surface area (Å²) < 4.78 is 29.2. The number of sulfone groups is 1. The molecule has 0 aliphatic carbocycles. The third kappa shape index (κ3) is 2.58. The summed E-state index contributed by atoms with van der Waals surface area (Å²) in [6.45, 7) is 3.99. The van der Waals surface area contributed by atoms with Gasteiger partial charge in [-0.1, -0.05) is 13.3 Å². The van der Waals surface area contributed by atoms with Gasteiger partial charge in [0.15, 0.2) is 15.4 Å². The summed E-state index contributed by atoms with van der Waals surface area (Å²) in [6.07, 6.45) is 4.29. The Bertz CT molecular complexity index is 758. The van der Waals surface area contributed by atoms with E-state index in [2.05, 4.69) is 17.2 Å². The molecule has 0 amide bonds. The molecule has 1 fully saturated rings. The van der Waals surface area contributed by atoms with Crippen LogP contribution in [0.2, 0.25) is 0 Å². The van der Waals surface area contributed by atoms with Gasteiger partial charge in [-0.2, -0.15) is 0 Å². The lowest BCUT2D eigenvalue weighted by atomic mass is 9.82. The molecular weight excluding hydrogens is 288 g/mol. The molecule has 1 atom stereocenters. The molecule has 1 aromatic carbocycles. The Morgan fingerprint density at radius 1 is 1.43 bits per heavy atom. The van der Waals surface area contributed by atoms with Gasteiger partial charge >= 0.3 is 0 Å². The van der Waals surface area contributed by atoms with E-state index < -0.39 is 9.84 Å². The average Bonchev–Trinajstić information content (AvgIpc) is 3.03. The van der Waals surface area contributed by atoms with Crippen molar-refractivity contribution in [2.24, 2.45) is 0 Å².